The van der Waals surface area contributed by atoms with Gasteiger partial charge in [-0.3, -0.25) is 28.3 Å². The summed E-state index contributed by atoms with van der Waals surface area (Å²) < 4.78 is 53.0. The van der Waals surface area contributed by atoms with Crippen LogP contribution in [0.2, 0.25) is 5.32 Å². The van der Waals surface area contributed by atoms with Crippen LogP contribution >= 0.6 is 0 Å². The number of nitrogens with one attached hydrogen (secondary N) is 2. The number of rotatable bonds is 21. The van der Waals surface area contributed by atoms with Crippen LogP contribution in [0.5, 0.6) is 0 Å². The van der Waals surface area contributed by atoms with E-state index in [1.165, 1.54) is 55.4 Å². The van der Waals surface area contributed by atoms with Gasteiger partial charge in [0, 0.05) is 114 Å². The Kier molecular flexibility index (Phi) is 27.2. The minimum Gasteiger partial charge on any atom is -0.378 e. The molecule has 3 aromatic heterocycles. The molecule has 1 radical (unpaired) electrons. The number of anilines is 2. The molecule has 1 atom stereocenters. The summed E-state index contributed by atoms with van der Waals surface area (Å²) in [7, 11) is 5.36. The van der Waals surface area contributed by atoms with Crippen LogP contribution in [0.4, 0.5) is 24.5 Å². The summed E-state index contributed by atoms with van der Waals surface area (Å²) >= 11 is 2.81. The van der Waals surface area contributed by atoms with Gasteiger partial charge < -0.3 is 39.4 Å². The first-order valence-electron chi connectivity index (χ1n) is 29.6. The minimum atomic E-state index is -4.61. The van der Waals surface area contributed by atoms with Gasteiger partial charge in [-0.05, 0) is 123 Å². The second-order valence-electron chi connectivity index (χ2n) is 21.4. The van der Waals surface area contributed by atoms with E-state index in [4.69, 9.17) is 9.53 Å². The van der Waals surface area contributed by atoms with Gasteiger partial charge in [0.05, 0.1) is 28.9 Å². The Labute approximate surface area is 501 Å². The zero-order valence-corrected chi connectivity index (χ0v) is 51.2. The van der Waals surface area contributed by atoms with E-state index in [-0.39, 0.29) is 23.6 Å². The van der Waals surface area contributed by atoms with E-state index < -0.39 is 17.4 Å². The van der Waals surface area contributed by atoms with Crippen molar-refractivity contribution in [3.63, 3.8) is 0 Å². The molecule has 2 amide bonds. The normalized spacial score (nSPS) is 15.4. The molecule has 2 N–H and O–H groups in total. The number of fused-ring (bicyclic) bond motifs is 2. The number of carbonyl (C=O) groups excluding carboxylic acids is 4. The topological polar surface area (TPSA) is 172 Å². The molecule has 3 aromatic carbocycles. The van der Waals surface area contributed by atoms with Crippen molar-refractivity contribution in [2.75, 3.05) is 76.3 Å². The van der Waals surface area contributed by atoms with Crippen molar-refractivity contribution in [1.29, 1.82) is 0 Å². The number of likely N-dealkylation sites (tertiary alicyclic amines) is 1. The zero-order valence-electron chi connectivity index (χ0n) is 49.5. The molecule has 17 nitrogen and oxygen atoms in total. The van der Waals surface area contributed by atoms with E-state index in [9.17, 15) is 32.3 Å². The van der Waals surface area contributed by atoms with Crippen molar-refractivity contribution in [3.05, 3.63) is 141 Å². The predicted octanol–water partition coefficient (Wildman–Crippen LogP) is 9.25. The number of amides is 2. The number of pyridine rings is 1. The molecule has 1 unspecified atom stereocenters. The van der Waals surface area contributed by atoms with Crippen molar-refractivity contribution in [2.24, 2.45) is 7.05 Å². The summed E-state index contributed by atoms with van der Waals surface area (Å²) in [5.74, 6) is 0.701. The number of aryl methyl sites for hydroxylation is 1. The number of alkyl halides is 3. The second-order valence-corrected chi connectivity index (χ2v) is 22.6. The average molecular weight is 1230 g/mol. The molecular weight excluding hydrogens is 1140 g/mol. The smallest absolute Gasteiger partial charge is 0.378 e. The minimum absolute atomic E-state index is 0.0364. The third-order valence-corrected chi connectivity index (χ3v) is 15.3. The number of ether oxygens (including phenoxy) is 1. The number of hydrogen-bond acceptors (Lipinski definition) is 12. The summed E-state index contributed by atoms with van der Waals surface area (Å²) in [5, 5.41) is 14.5. The van der Waals surface area contributed by atoms with E-state index in [1.54, 1.807) is 47.2 Å². The Morgan fingerprint density at radius 3 is 2.04 bits per heavy atom. The van der Waals surface area contributed by atoms with Crippen molar-refractivity contribution in [3.8, 4) is 5.69 Å². The fraction of sp³-hybridized carbons (Fsp3) is 0.508. The molecule has 4 aliphatic rings. The van der Waals surface area contributed by atoms with E-state index in [0.717, 1.165) is 141 Å². The molecule has 1 saturated carbocycles. The van der Waals surface area contributed by atoms with Gasteiger partial charge in [0.25, 0.3) is 5.91 Å². The van der Waals surface area contributed by atoms with Gasteiger partial charge in [-0.1, -0.05) is 64.0 Å². The van der Waals surface area contributed by atoms with Gasteiger partial charge in [-0.15, -0.1) is 10.2 Å². The van der Waals surface area contributed by atoms with E-state index in [0.29, 0.717) is 49.2 Å². The molecular formula is C63H85F3N11O6Se. The Balaban J connectivity index is 0.000000238. The molecule has 6 heterocycles. The third-order valence-electron chi connectivity index (χ3n) is 15.3. The van der Waals surface area contributed by atoms with Gasteiger partial charge in [-0.25, -0.2) is 4.79 Å². The van der Waals surface area contributed by atoms with E-state index in [2.05, 4.69) is 64.5 Å². The van der Waals surface area contributed by atoms with Crippen LogP contribution in [0.25, 0.3) is 11.2 Å². The van der Waals surface area contributed by atoms with Gasteiger partial charge in [0.2, 0.25) is 6.41 Å². The Hall–Kier alpha value is -6.64. The van der Waals surface area contributed by atoms with Crippen molar-refractivity contribution >= 4 is 57.8 Å². The van der Waals surface area contributed by atoms with Gasteiger partial charge in [0.15, 0.2) is 0 Å². The summed E-state index contributed by atoms with van der Waals surface area (Å²) in [6.45, 7) is 11.8. The standard InChI is InChI=1S/C31H40F3N7O2.C24H27N3O3.C4H8.C2H5NO.C2H5Se/c1-35-12-5-3-4-6-15-43-26-10-13-39(14-11-26)19-24-17-27(31(32,33)34)28-21-40(30(42)41(28)20-24)25-9-7-8-23(16-25)18-29-37-36-22-38(29)2;1-2-3-22(17-29)27-15-19-14-21(8-9-23(19)24(27)30)26-12-10-25(11-13-26)20-6-4-18(16-28)5-7-20;1-2-4-3-1;1-3-2-4;1-2-3/h7-9,16-17,20-22,26,35H,3-6,10-15,18-19H2,1-2H3;4-9,14,16-17,22H,2-3,10-13,15H2,1H3;1-4H2;2H,1H3,(H,3,4);2H2,1H3. The first-order valence-corrected chi connectivity index (χ1v) is 30.8. The maximum absolute atomic E-state index is 14.2. The van der Waals surface area contributed by atoms with Crippen LogP contribution in [-0.4, -0.2) is 153 Å². The van der Waals surface area contributed by atoms with Crippen LogP contribution in [0, 0.1) is 0 Å². The number of aldehydes is 2. The molecule has 84 heavy (non-hydrogen) atoms. The van der Waals surface area contributed by atoms with Gasteiger partial charge >= 0.3 is 40.1 Å². The van der Waals surface area contributed by atoms with E-state index in [1.807, 2.05) is 63.5 Å². The van der Waals surface area contributed by atoms with E-state index >= 15 is 0 Å². The first kappa shape index (κ1) is 66.5. The fourth-order valence-electron chi connectivity index (χ4n) is 10.3. The third kappa shape index (κ3) is 19.2. The van der Waals surface area contributed by atoms with Crippen LogP contribution in [-0.2, 0) is 47.1 Å². The van der Waals surface area contributed by atoms with Gasteiger partial charge in [-0.2, -0.15) is 13.2 Å². The predicted molar refractivity (Wildman–Crippen MR) is 326 cm³/mol. The van der Waals surface area contributed by atoms with Crippen LogP contribution in [0.3, 0.4) is 0 Å². The molecule has 3 aliphatic heterocycles. The first-order chi connectivity index (χ1) is 40.7. The zero-order chi connectivity index (χ0) is 60.4. The summed E-state index contributed by atoms with van der Waals surface area (Å²) in [6, 6.07) is 21.7. The maximum atomic E-state index is 14.2. The molecule has 0 spiro atoms. The Morgan fingerprint density at radius 1 is 0.798 bits per heavy atom. The number of nitrogens with zero attached hydrogens (tertiary/aromatic N) is 9. The summed E-state index contributed by atoms with van der Waals surface area (Å²) in [6.07, 6.45) is 16.7. The summed E-state index contributed by atoms with van der Waals surface area (Å²) in [5.41, 5.74) is 4.95. The largest absolute Gasteiger partial charge is 0.418 e. The Bertz CT molecular complexity index is 3030. The summed E-state index contributed by atoms with van der Waals surface area (Å²) in [4.78, 5) is 66.1. The monoisotopic (exact) mass is 1230 g/mol. The number of imidazole rings is 1. The van der Waals surface area contributed by atoms with Crippen molar-refractivity contribution < 1.29 is 37.1 Å². The number of piperazine rings is 1. The van der Waals surface area contributed by atoms with Crippen LogP contribution < -0.4 is 26.1 Å². The quantitative estimate of drug-likeness (QED) is 0.0398. The fourth-order valence-corrected chi connectivity index (χ4v) is 10.3. The molecule has 6 aromatic rings. The number of halogens is 3. The molecule has 3 fully saturated rings. The molecule has 10 rings (SSSR count). The number of unbranched alkanes of at least 4 members (excludes halogenated alkanes) is 3. The van der Waals surface area contributed by atoms with Crippen LogP contribution in [0.1, 0.15) is 140 Å². The number of aromatic nitrogens is 5. The molecule has 21 heteroatoms. The Morgan fingerprint density at radius 2 is 1.45 bits per heavy atom. The van der Waals surface area contributed by atoms with Crippen molar-refractivity contribution in [1.82, 2.24) is 44.2 Å². The van der Waals surface area contributed by atoms with Crippen molar-refractivity contribution in [2.45, 2.75) is 134 Å². The molecule has 0 bridgehead atoms. The number of piperidine rings is 1. The SMILES string of the molecule is C1CCC1.CCCC(C=O)N1Cc2cc(N3CCN(c4ccc(C=O)cc4)CC3)ccc2C1=O.CC[Se].CNC=O.CNCCCCCCOC1CCN(Cc2cc(C(F)(F)F)c3cn(-c4cccc(Cc5nncn5C)c4)c(=O)n3c2)CC1. The van der Waals surface area contributed by atoms with Crippen LogP contribution in [0.15, 0.2) is 96.3 Å². The average Bonchev–Trinajstić information content (AvgIpc) is 2.29. The second kappa shape index (κ2) is 34.3. The maximum Gasteiger partial charge on any atom is 0.418 e. The number of benzene rings is 3. The number of hydrogen-bond donors (Lipinski definition) is 2. The molecule has 455 valence electrons. The molecule has 2 saturated heterocycles. The van der Waals surface area contributed by atoms with Gasteiger partial charge in [0.1, 0.15) is 24.7 Å². The number of carbonyl (C=O) groups is 4. The molecule has 1 aliphatic carbocycles.